The predicted molar refractivity (Wildman–Crippen MR) is 131 cm³/mol. The number of esters is 1. The van der Waals surface area contributed by atoms with Gasteiger partial charge >= 0.3 is 5.97 Å². The molecular weight excluding hydrogens is 517 g/mol. The molecule has 1 aliphatic rings. The van der Waals surface area contributed by atoms with E-state index in [1.165, 1.54) is 7.11 Å². The largest absolute Gasteiger partial charge is 0.465 e. The number of pyridine rings is 1. The van der Waals surface area contributed by atoms with Gasteiger partial charge in [-0.2, -0.15) is 0 Å². The molecule has 3 rings (SSSR count). The van der Waals surface area contributed by atoms with Gasteiger partial charge in [0.15, 0.2) is 5.96 Å². The van der Waals surface area contributed by atoms with Crippen molar-refractivity contribution in [3.05, 3.63) is 58.7 Å². The molecule has 162 valence electrons. The Hall–Kier alpha value is -2.07. The van der Waals surface area contributed by atoms with Crippen LogP contribution < -0.4 is 15.5 Å². The topological polar surface area (TPSA) is 78.8 Å². The van der Waals surface area contributed by atoms with Crippen molar-refractivity contribution < 1.29 is 9.53 Å². The van der Waals surface area contributed by atoms with Gasteiger partial charge in [0.25, 0.3) is 0 Å². The average molecular weight is 544 g/mol. The van der Waals surface area contributed by atoms with E-state index >= 15 is 0 Å². The predicted octanol–water partition coefficient (Wildman–Crippen LogP) is 3.13. The molecule has 0 aliphatic carbocycles. The van der Waals surface area contributed by atoms with Crippen molar-refractivity contribution >= 4 is 53.3 Å². The molecule has 1 aliphatic heterocycles. The van der Waals surface area contributed by atoms with Gasteiger partial charge in [-0.25, -0.2) is 9.78 Å². The normalized spacial score (nSPS) is 16.0. The summed E-state index contributed by atoms with van der Waals surface area (Å²) in [4.78, 5) is 22.4. The van der Waals surface area contributed by atoms with E-state index in [1.54, 1.807) is 25.4 Å². The Labute approximate surface area is 199 Å². The number of nitrogens with zero attached hydrogens (tertiary/aromatic N) is 3. The molecule has 2 aromatic rings. The standard InChI is InChI=1S/C21H26ClN5O2.HI/c1-23-21(25-12-9-15-5-7-16(8-6-15)20(28)29-2)26-17-10-13-27(14-17)19-18(22)4-3-11-24-19;/h3-8,11,17H,9-10,12-14H2,1-2H3,(H2,23,25,26);1H. The van der Waals surface area contributed by atoms with Crippen LogP contribution >= 0.6 is 35.6 Å². The highest BCUT2D eigenvalue weighted by Crippen LogP contribution is 2.25. The minimum atomic E-state index is -0.322. The molecular formula is C21H27ClIN5O2. The van der Waals surface area contributed by atoms with Gasteiger partial charge in [-0.15, -0.1) is 24.0 Å². The van der Waals surface area contributed by atoms with Crippen LogP contribution in [0.1, 0.15) is 22.3 Å². The molecule has 1 unspecified atom stereocenters. The average Bonchev–Trinajstić information content (AvgIpc) is 3.21. The molecule has 0 amide bonds. The molecule has 1 aromatic heterocycles. The number of hydrogen-bond donors (Lipinski definition) is 2. The summed E-state index contributed by atoms with van der Waals surface area (Å²) in [5, 5.41) is 7.49. The number of benzene rings is 1. The van der Waals surface area contributed by atoms with Gasteiger partial charge in [-0.3, -0.25) is 4.99 Å². The number of nitrogens with one attached hydrogen (secondary N) is 2. The van der Waals surface area contributed by atoms with Gasteiger partial charge in [-0.05, 0) is 42.7 Å². The van der Waals surface area contributed by atoms with E-state index in [0.29, 0.717) is 10.6 Å². The molecule has 2 N–H and O–H groups in total. The van der Waals surface area contributed by atoms with E-state index in [-0.39, 0.29) is 36.0 Å². The summed E-state index contributed by atoms with van der Waals surface area (Å²) in [6, 6.07) is 11.4. The Balaban J connectivity index is 0.00000320. The second-order valence-electron chi connectivity index (χ2n) is 6.82. The summed E-state index contributed by atoms with van der Waals surface area (Å²) >= 11 is 6.26. The second-order valence-corrected chi connectivity index (χ2v) is 7.23. The fraction of sp³-hybridized carbons (Fsp3) is 0.381. The highest BCUT2D eigenvalue weighted by atomic mass is 127. The summed E-state index contributed by atoms with van der Waals surface area (Å²) in [6.45, 7) is 2.46. The lowest BCUT2D eigenvalue weighted by atomic mass is 10.1. The lowest BCUT2D eigenvalue weighted by molar-refractivity contribution is 0.0600. The smallest absolute Gasteiger partial charge is 0.337 e. The number of rotatable bonds is 6. The summed E-state index contributed by atoms with van der Waals surface area (Å²) in [5.41, 5.74) is 1.69. The highest BCUT2D eigenvalue weighted by Gasteiger charge is 2.25. The summed E-state index contributed by atoms with van der Waals surface area (Å²) < 4.78 is 4.72. The van der Waals surface area contributed by atoms with Crippen LogP contribution in [0, 0.1) is 0 Å². The fourth-order valence-electron chi connectivity index (χ4n) is 3.32. The molecule has 0 spiro atoms. The minimum Gasteiger partial charge on any atom is -0.465 e. The number of aromatic nitrogens is 1. The van der Waals surface area contributed by atoms with Crippen LogP contribution in [0.4, 0.5) is 5.82 Å². The molecule has 1 saturated heterocycles. The Kier molecular flexibility index (Phi) is 9.64. The van der Waals surface area contributed by atoms with Crippen LogP contribution in [0.3, 0.4) is 0 Å². The van der Waals surface area contributed by atoms with E-state index < -0.39 is 0 Å². The van der Waals surface area contributed by atoms with Gasteiger partial charge in [0.1, 0.15) is 5.82 Å². The summed E-state index contributed by atoms with van der Waals surface area (Å²) in [7, 11) is 3.15. The Morgan fingerprint density at radius 3 is 2.77 bits per heavy atom. The van der Waals surface area contributed by atoms with Crippen LogP contribution in [-0.4, -0.2) is 56.7 Å². The van der Waals surface area contributed by atoms with E-state index in [9.17, 15) is 4.79 Å². The summed E-state index contributed by atoms with van der Waals surface area (Å²) in [6.07, 6.45) is 3.57. The first-order valence-corrected chi connectivity index (χ1v) is 9.98. The van der Waals surface area contributed by atoms with Crippen molar-refractivity contribution in [3.63, 3.8) is 0 Å². The van der Waals surface area contributed by atoms with Gasteiger partial charge in [-0.1, -0.05) is 23.7 Å². The molecule has 1 aromatic carbocycles. The van der Waals surface area contributed by atoms with Crippen molar-refractivity contribution in [1.82, 2.24) is 15.6 Å². The first kappa shape index (κ1) is 24.2. The maximum absolute atomic E-state index is 11.5. The van der Waals surface area contributed by atoms with Crippen LogP contribution in [0.25, 0.3) is 0 Å². The highest BCUT2D eigenvalue weighted by molar-refractivity contribution is 14.0. The third-order valence-electron chi connectivity index (χ3n) is 4.87. The zero-order valence-electron chi connectivity index (χ0n) is 17.1. The monoisotopic (exact) mass is 543 g/mol. The summed E-state index contributed by atoms with van der Waals surface area (Å²) in [5.74, 6) is 1.28. The van der Waals surface area contributed by atoms with Crippen molar-refractivity contribution in [1.29, 1.82) is 0 Å². The first-order chi connectivity index (χ1) is 14.1. The minimum absolute atomic E-state index is 0. The van der Waals surface area contributed by atoms with Crippen LogP contribution in [-0.2, 0) is 11.2 Å². The van der Waals surface area contributed by atoms with Crippen molar-refractivity contribution in [2.24, 2.45) is 4.99 Å². The Morgan fingerprint density at radius 1 is 1.33 bits per heavy atom. The Morgan fingerprint density at radius 2 is 2.10 bits per heavy atom. The zero-order chi connectivity index (χ0) is 20.6. The third kappa shape index (κ3) is 6.46. The molecule has 1 atom stereocenters. The van der Waals surface area contributed by atoms with Crippen LogP contribution in [0.5, 0.6) is 0 Å². The number of guanidine groups is 1. The van der Waals surface area contributed by atoms with Gasteiger partial charge in [0, 0.05) is 38.9 Å². The van der Waals surface area contributed by atoms with Gasteiger partial charge in [0.05, 0.1) is 17.7 Å². The quantitative estimate of drug-likeness (QED) is 0.252. The lowest BCUT2D eigenvalue weighted by Crippen LogP contribution is -2.45. The fourth-order valence-corrected chi connectivity index (χ4v) is 3.56. The zero-order valence-corrected chi connectivity index (χ0v) is 20.2. The molecule has 2 heterocycles. The number of aliphatic imine (C=N–C) groups is 1. The second kappa shape index (κ2) is 11.9. The molecule has 9 heteroatoms. The third-order valence-corrected chi connectivity index (χ3v) is 5.17. The van der Waals surface area contributed by atoms with Gasteiger partial charge in [0.2, 0.25) is 0 Å². The van der Waals surface area contributed by atoms with E-state index in [4.69, 9.17) is 16.3 Å². The molecule has 0 radical (unpaired) electrons. The SMILES string of the molecule is CN=C(NCCc1ccc(C(=O)OC)cc1)NC1CCN(c2ncccc2Cl)C1.I. The number of anilines is 1. The van der Waals surface area contributed by atoms with E-state index in [0.717, 1.165) is 49.8 Å². The first-order valence-electron chi connectivity index (χ1n) is 9.60. The maximum atomic E-state index is 11.5. The Bertz CT molecular complexity index is 863. The molecule has 0 bridgehead atoms. The van der Waals surface area contributed by atoms with Crippen molar-refractivity contribution in [2.75, 3.05) is 38.7 Å². The number of ether oxygens (including phenoxy) is 1. The van der Waals surface area contributed by atoms with E-state index in [2.05, 4.69) is 25.5 Å². The molecule has 0 saturated carbocycles. The van der Waals surface area contributed by atoms with Crippen LogP contribution in [0.15, 0.2) is 47.6 Å². The number of halogens is 2. The molecule has 1 fully saturated rings. The van der Waals surface area contributed by atoms with E-state index in [1.807, 2.05) is 24.3 Å². The van der Waals surface area contributed by atoms with Crippen molar-refractivity contribution in [3.8, 4) is 0 Å². The number of methoxy groups -OCH3 is 1. The number of carbonyl (C=O) groups excluding carboxylic acids is 1. The van der Waals surface area contributed by atoms with Gasteiger partial charge < -0.3 is 20.3 Å². The van der Waals surface area contributed by atoms with Crippen LogP contribution in [0.2, 0.25) is 5.02 Å². The van der Waals surface area contributed by atoms with Crippen molar-refractivity contribution in [2.45, 2.75) is 18.9 Å². The number of hydrogen-bond acceptors (Lipinski definition) is 5. The maximum Gasteiger partial charge on any atom is 0.337 e. The number of carbonyl (C=O) groups is 1. The molecule has 30 heavy (non-hydrogen) atoms. The molecule has 7 nitrogen and oxygen atoms in total. The lowest BCUT2D eigenvalue weighted by Gasteiger charge is -2.20.